The van der Waals surface area contributed by atoms with Gasteiger partial charge in [0.25, 0.3) is 0 Å². The van der Waals surface area contributed by atoms with Crippen molar-refractivity contribution in [2.24, 2.45) is 0 Å². The quantitative estimate of drug-likeness (QED) is 0.791. The largest absolute Gasteiger partial charge is 0.315 e. The van der Waals surface area contributed by atoms with E-state index in [9.17, 15) is 4.79 Å². The lowest BCUT2D eigenvalue weighted by atomic mass is 10.2. The van der Waals surface area contributed by atoms with Crippen molar-refractivity contribution in [2.45, 2.75) is 0 Å². The second-order valence-corrected chi connectivity index (χ2v) is 4.60. The van der Waals surface area contributed by atoms with Crippen LogP contribution in [0.3, 0.4) is 0 Å². The van der Waals surface area contributed by atoms with Gasteiger partial charge in [0.2, 0.25) is 0 Å². The van der Waals surface area contributed by atoms with Crippen molar-refractivity contribution in [3.05, 3.63) is 64.1 Å². The summed E-state index contributed by atoms with van der Waals surface area (Å²) in [5.41, 5.74) is 1.30. The first kappa shape index (κ1) is 13.5. The Morgan fingerprint density at radius 2 is 1.63 bits per heavy atom. The second-order valence-electron chi connectivity index (χ2n) is 3.73. The maximum absolute atomic E-state index is 11.6. The number of benzene rings is 2. The van der Waals surface area contributed by atoms with Crippen LogP contribution in [0.5, 0.6) is 0 Å². The first-order valence-electron chi connectivity index (χ1n) is 5.47. The highest BCUT2D eigenvalue weighted by Crippen LogP contribution is 2.22. The van der Waals surface area contributed by atoms with Gasteiger partial charge in [-0.1, -0.05) is 47.3 Å². The molecule has 2 rings (SSSR count). The van der Waals surface area contributed by atoms with E-state index in [1.807, 2.05) is 30.3 Å². The fourth-order valence-corrected chi connectivity index (χ4v) is 1.96. The minimum Gasteiger partial charge on any atom is -0.315 e. The van der Waals surface area contributed by atoms with E-state index in [0.29, 0.717) is 15.7 Å². The van der Waals surface area contributed by atoms with Gasteiger partial charge >= 0.3 is 5.91 Å². The molecule has 2 aromatic carbocycles. The van der Waals surface area contributed by atoms with Gasteiger partial charge in [-0.05, 0) is 30.3 Å². The van der Waals surface area contributed by atoms with Crippen LogP contribution in [0.25, 0.3) is 0 Å². The molecule has 0 saturated heterocycles. The summed E-state index contributed by atoms with van der Waals surface area (Å²) in [6.07, 6.45) is 0. The molecule has 0 aliphatic carbocycles. The highest BCUT2D eigenvalue weighted by molar-refractivity contribution is 6.35. The SMILES string of the molecule is O=C(C#Cc1ccccc1)Nc1cc(Cl)cc(Cl)c1. The molecule has 0 atom stereocenters. The standard InChI is InChI=1S/C15H9Cl2NO/c16-12-8-13(17)10-14(9-12)18-15(19)7-6-11-4-2-1-3-5-11/h1-5,8-10H,(H,18,19). The Hall–Kier alpha value is -1.95. The highest BCUT2D eigenvalue weighted by Gasteiger charge is 2.01. The number of nitrogens with one attached hydrogen (secondary N) is 1. The molecule has 4 heteroatoms. The molecular formula is C15H9Cl2NO. The Morgan fingerprint density at radius 1 is 1.00 bits per heavy atom. The van der Waals surface area contributed by atoms with Crippen molar-refractivity contribution < 1.29 is 4.79 Å². The summed E-state index contributed by atoms with van der Waals surface area (Å²) < 4.78 is 0. The fourth-order valence-electron chi connectivity index (χ4n) is 1.44. The van der Waals surface area contributed by atoms with Crippen molar-refractivity contribution in [1.29, 1.82) is 0 Å². The number of anilines is 1. The van der Waals surface area contributed by atoms with Crippen LogP contribution in [0.2, 0.25) is 10.0 Å². The molecule has 0 unspecified atom stereocenters. The number of hydrogen-bond donors (Lipinski definition) is 1. The lowest BCUT2D eigenvalue weighted by molar-refractivity contribution is -0.111. The summed E-state index contributed by atoms with van der Waals surface area (Å²) in [6.45, 7) is 0. The van der Waals surface area contributed by atoms with Crippen LogP contribution in [-0.4, -0.2) is 5.91 Å². The van der Waals surface area contributed by atoms with Gasteiger partial charge in [0.1, 0.15) is 0 Å². The van der Waals surface area contributed by atoms with Crippen LogP contribution in [0.4, 0.5) is 5.69 Å². The van der Waals surface area contributed by atoms with Crippen molar-refractivity contribution in [3.63, 3.8) is 0 Å². The maximum atomic E-state index is 11.6. The average Bonchev–Trinajstić information content (AvgIpc) is 2.36. The fraction of sp³-hybridized carbons (Fsp3) is 0. The van der Waals surface area contributed by atoms with Gasteiger partial charge in [-0.3, -0.25) is 4.79 Å². The van der Waals surface area contributed by atoms with Gasteiger partial charge in [-0.25, -0.2) is 0 Å². The molecule has 2 aromatic rings. The Kier molecular flexibility index (Phi) is 4.46. The summed E-state index contributed by atoms with van der Waals surface area (Å²) in [4.78, 5) is 11.6. The number of halogens is 2. The van der Waals surface area contributed by atoms with Crippen LogP contribution >= 0.6 is 23.2 Å². The summed E-state index contributed by atoms with van der Waals surface area (Å²) in [5, 5.41) is 3.53. The minimum atomic E-state index is -0.415. The summed E-state index contributed by atoms with van der Waals surface area (Å²) in [6, 6.07) is 14.1. The van der Waals surface area contributed by atoms with E-state index in [2.05, 4.69) is 17.2 Å². The molecule has 94 valence electrons. The van der Waals surface area contributed by atoms with Gasteiger partial charge in [0.05, 0.1) is 0 Å². The Morgan fingerprint density at radius 3 is 2.26 bits per heavy atom. The third-order valence-electron chi connectivity index (χ3n) is 2.21. The number of rotatable bonds is 1. The molecule has 0 heterocycles. The predicted molar refractivity (Wildman–Crippen MR) is 78.4 cm³/mol. The Balaban J connectivity index is 2.08. The number of carbonyl (C=O) groups excluding carboxylic acids is 1. The molecule has 2 nitrogen and oxygen atoms in total. The lowest BCUT2D eigenvalue weighted by Gasteiger charge is -2.02. The highest BCUT2D eigenvalue weighted by atomic mass is 35.5. The van der Waals surface area contributed by atoms with Crippen LogP contribution in [0.15, 0.2) is 48.5 Å². The van der Waals surface area contributed by atoms with Gasteiger partial charge in [0, 0.05) is 27.2 Å². The van der Waals surface area contributed by atoms with Crippen LogP contribution in [-0.2, 0) is 4.79 Å². The van der Waals surface area contributed by atoms with Gasteiger partial charge in [-0.2, -0.15) is 0 Å². The van der Waals surface area contributed by atoms with Crippen LogP contribution in [0, 0.1) is 11.8 Å². The van der Waals surface area contributed by atoms with Gasteiger partial charge in [-0.15, -0.1) is 0 Å². The first-order chi connectivity index (χ1) is 9.13. The topological polar surface area (TPSA) is 29.1 Å². The monoisotopic (exact) mass is 289 g/mol. The number of hydrogen-bond acceptors (Lipinski definition) is 1. The van der Waals surface area contributed by atoms with E-state index >= 15 is 0 Å². The molecule has 1 N–H and O–H groups in total. The molecule has 0 saturated carbocycles. The smallest absolute Gasteiger partial charge is 0.300 e. The van der Waals surface area contributed by atoms with E-state index < -0.39 is 5.91 Å². The zero-order valence-corrected chi connectivity index (χ0v) is 11.3. The number of carbonyl (C=O) groups is 1. The second kappa shape index (κ2) is 6.29. The first-order valence-corrected chi connectivity index (χ1v) is 6.23. The van der Waals surface area contributed by atoms with Crippen LogP contribution < -0.4 is 5.32 Å². The third kappa shape index (κ3) is 4.33. The normalized spacial score (nSPS) is 9.37. The van der Waals surface area contributed by atoms with Crippen molar-refractivity contribution in [1.82, 2.24) is 0 Å². The number of amides is 1. The van der Waals surface area contributed by atoms with Crippen molar-refractivity contribution >= 4 is 34.8 Å². The van der Waals surface area contributed by atoms with Crippen molar-refractivity contribution in [3.8, 4) is 11.8 Å². The van der Waals surface area contributed by atoms with E-state index in [4.69, 9.17) is 23.2 Å². The third-order valence-corrected chi connectivity index (χ3v) is 2.65. The molecule has 0 radical (unpaired) electrons. The molecule has 0 fully saturated rings. The molecule has 0 aliphatic rings. The zero-order chi connectivity index (χ0) is 13.7. The molecule has 0 bridgehead atoms. The Labute approximate surface area is 121 Å². The molecule has 0 aliphatic heterocycles. The maximum Gasteiger partial charge on any atom is 0.300 e. The predicted octanol–water partition coefficient (Wildman–Crippen LogP) is 3.98. The summed E-state index contributed by atoms with van der Waals surface area (Å²) in [5.74, 6) is 4.85. The van der Waals surface area contributed by atoms with Crippen molar-refractivity contribution in [2.75, 3.05) is 5.32 Å². The summed E-state index contributed by atoms with van der Waals surface area (Å²) in [7, 11) is 0. The van der Waals surface area contributed by atoms with Gasteiger partial charge in [0.15, 0.2) is 0 Å². The molecule has 0 aromatic heterocycles. The Bertz CT molecular complexity index is 637. The molecule has 19 heavy (non-hydrogen) atoms. The van der Waals surface area contributed by atoms with Crippen LogP contribution in [0.1, 0.15) is 5.56 Å². The van der Waals surface area contributed by atoms with Gasteiger partial charge < -0.3 is 5.32 Å². The summed E-state index contributed by atoms with van der Waals surface area (Å²) >= 11 is 11.7. The van der Waals surface area contributed by atoms with E-state index in [1.54, 1.807) is 18.2 Å². The van der Waals surface area contributed by atoms with E-state index in [1.165, 1.54) is 0 Å². The van der Waals surface area contributed by atoms with E-state index in [-0.39, 0.29) is 0 Å². The minimum absolute atomic E-state index is 0.415. The molecule has 1 amide bonds. The lowest BCUT2D eigenvalue weighted by Crippen LogP contribution is -2.08. The molecule has 0 spiro atoms. The average molecular weight is 290 g/mol. The van der Waals surface area contributed by atoms with E-state index in [0.717, 1.165) is 5.56 Å². The zero-order valence-electron chi connectivity index (χ0n) is 9.78. The molecular weight excluding hydrogens is 281 g/mol.